The van der Waals surface area contributed by atoms with E-state index in [2.05, 4.69) is 47.3 Å². The molecule has 0 bridgehead atoms. The average molecular weight is 291 g/mol. The molecule has 0 saturated carbocycles. The number of hydrogen-bond acceptors (Lipinski definition) is 4. The zero-order chi connectivity index (χ0) is 15.1. The lowest BCUT2D eigenvalue weighted by molar-refractivity contribution is 0.199. The summed E-state index contributed by atoms with van der Waals surface area (Å²) >= 11 is 0. The monoisotopic (exact) mass is 291 g/mol. The molecule has 1 aromatic rings. The van der Waals surface area contributed by atoms with E-state index in [1.807, 2.05) is 0 Å². The molecule has 4 heteroatoms. The summed E-state index contributed by atoms with van der Waals surface area (Å²) < 4.78 is 5.10. The van der Waals surface area contributed by atoms with E-state index in [1.54, 1.807) is 7.11 Å². The van der Waals surface area contributed by atoms with Crippen LogP contribution in [0.2, 0.25) is 0 Å². The minimum absolute atomic E-state index is 0.760. The molecule has 1 aliphatic heterocycles. The Morgan fingerprint density at radius 2 is 2.05 bits per heavy atom. The molecule has 0 aromatic heterocycles. The van der Waals surface area contributed by atoms with Crippen molar-refractivity contribution in [3.63, 3.8) is 0 Å². The zero-order valence-corrected chi connectivity index (χ0v) is 13.7. The maximum Gasteiger partial charge on any atom is 0.0587 e. The molecule has 1 saturated heterocycles. The summed E-state index contributed by atoms with van der Waals surface area (Å²) in [4.78, 5) is 4.96. The van der Waals surface area contributed by atoms with Crippen molar-refractivity contribution < 1.29 is 4.74 Å². The Bertz CT molecular complexity index is 436. The fraction of sp³-hybridized carbons (Fsp3) is 0.647. The van der Waals surface area contributed by atoms with Crippen LogP contribution in [0, 0.1) is 6.92 Å². The maximum absolute atomic E-state index is 5.10. The van der Waals surface area contributed by atoms with Gasteiger partial charge in [-0.25, -0.2) is 0 Å². The first kappa shape index (κ1) is 16.3. The molecule has 1 heterocycles. The van der Waals surface area contributed by atoms with Crippen LogP contribution in [0.25, 0.3) is 0 Å². The summed E-state index contributed by atoms with van der Waals surface area (Å²) in [5, 5.41) is 3.47. The zero-order valence-electron chi connectivity index (χ0n) is 13.7. The Morgan fingerprint density at radius 3 is 2.86 bits per heavy atom. The highest BCUT2D eigenvalue weighted by molar-refractivity contribution is 5.55. The van der Waals surface area contributed by atoms with Crippen LogP contribution in [-0.4, -0.2) is 58.4 Å². The van der Waals surface area contributed by atoms with Gasteiger partial charge >= 0.3 is 0 Å². The van der Waals surface area contributed by atoms with Gasteiger partial charge in [0.15, 0.2) is 0 Å². The van der Waals surface area contributed by atoms with E-state index < -0.39 is 0 Å². The summed E-state index contributed by atoms with van der Waals surface area (Å²) in [6.07, 6.45) is 1.24. The van der Waals surface area contributed by atoms with Crippen LogP contribution in [0.4, 0.5) is 5.69 Å². The highest BCUT2D eigenvalue weighted by atomic mass is 16.5. The van der Waals surface area contributed by atoms with Gasteiger partial charge in [0.1, 0.15) is 0 Å². The normalized spacial score (nSPS) is 17.0. The van der Waals surface area contributed by atoms with E-state index in [4.69, 9.17) is 4.74 Å². The van der Waals surface area contributed by atoms with Gasteiger partial charge in [-0.2, -0.15) is 0 Å². The second-order valence-corrected chi connectivity index (χ2v) is 5.95. The standard InChI is InChI=1S/C17H29N3O/c1-15-5-6-17(16(13-15)14-18-7-12-21-3)20-9-4-8-19(2)10-11-20/h5-6,13,18H,4,7-12,14H2,1-3H3. The minimum Gasteiger partial charge on any atom is -0.383 e. The first-order valence-electron chi connectivity index (χ1n) is 7.93. The van der Waals surface area contributed by atoms with E-state index in [0.29, 0.717) is 0 Å². The first-order chi connectivity index (χ1) is 10.2. The lowest BCUT2D eigenvalue weighted by Crippen LogP contribution is -2.30. The second kappa shape index (κ2) is 8.37. The third-order valence-corrected chi connectivity index (χ3v) is 4.09. The summed E-state index contributed by atoms with van der Waals surface area (Å²) in [5.74, 6) is 0. The molecule has 2 rings (SSSR count). The molecule has 0 aliphatic carbocycles. The number of likely N-dealkylation sites (N-methyl/N-ethyl adjacent to an activating group) is 1. The largest absolute Gasteiger partial charge is 0.383 e. The number of anilines is 1. The lowest BCUT2D eigenvalue weighted by atomic mass is 10.1. The highest BCUT2D eigenvalue weighted by Gasteiger charge is 2.15. The Morgan fingerprint density at radius 1 is 1.19 bits per heavy atom. The second-order valence-electron chi connectivity index (χ2n) is 5.95. The van der Waals surface area contributed by atoms with Crippen LogP contribution in [0.1, 0.15) is 17.5 Å². The fourth-order valence-electron chi connectivity index (χ4n) is 2.85. The van der Waals surface area contributed by atoms with E-state index in [9.17, 15) is 0 Å². The Labute approximate surface area is 129 Å². The van der Waals surface area contributed by atoms with Crippen LogP contribution in [0.3, 0.4) is 0 Å². The van der Waals surface area contributed by atoms with Gasteiger partial charge in [-0.05, 0) is 38.6 Å². The van der Waals surface area contributed by atoms with E-state index in [1.165, 1.54) is 29.8 Å². The average Bonchev–Trinajstić information content (AvgIpc) is 2.69. The molecule has 0 atom stereocenters. The summed E-state index contributed by atoms with van der Waals surface area (Å²) in [6.45, 7) is 9.34. The first-order valence-corrected chi connectivity index (χ1v) is 7.93. The van der Waals surface area contributed by atoms with Crippen LogP contribution >= 0.6 is 0 Å². The summed E-state index contributed by atoms with van der Waals surface area (Å²) in [5.41, 5.74) is 4.12. The van der Waals surface area contributed by atoms with Crippen molar-refractivity contribution in [3.8, 4) is 0 Å². The third kappa shape index (κ3) is 4.99. The SMILES string of the molecule is COCCNCc1cc(C)ccc1N1CCCN(C)CC1. The number of rotatable bonds is 6. The van der Waals surface area contributed by atoms with Crippen molar-refractivity contribution >= 4 is 5.69 Å². The van der Waals surface area contributed by atoms with E-state index in [0.717, 1.165) is 39.3 Å². The molecule has 1 aliphatic rings. The molecule has 1 fully saturated rings. The van der Waals surface area contributed by atoms with Crippen LogP contribution in [0.15, 0.2) is 18.2 Å². The number of hydrogen-bond donors (Lipinski definition) is 1. The van der Waals surface area contributed by atoms with Crippen molar-refractivity contribution in [2.45, 2.75) is 19.9 Å². The number of methoxy groups -OCH3 is 1. The molecular weight excluding hydrogens is 262 g/mol. The molecular formula is C17H29N3O. The number of aryl methyl sites for hydroxylation is 1. The van der Waals surface area contributed by atoms with Gasteiger partial charge in [-0.3, -0.25) is 0 Å². The Kier molecular flexibility index (Phi) is 6.49. The van der Waals surface area contributed by atoms with Crippen LogP contribution < -0.4 is 10.2 Å². The Balaban J connectivity index is 2.06. The number of nitrogens with zero attached hydrogens (tertiary/aromatic N) is 2. The van der Waals surface area contributed by atoms with Crippen LogP contribution in [-0.2, 0) is 11.3 Å². The molecule has 0 amide bonds. The van der Waals surface area contributed by atoms with Crippen molar-refractivity contribution in [1.82, 2.24) is 10.2 Å². The van der Waals surface area contributed by atoms with Gasteiger partial charge in [0, 0.05) is 45.5 Å². The maximum atomic E-state index is 5.10. The van der Waals surface area contributed by atoms with Gasteiger partial charge in [0.05, 0.1) is 6.61 Å². The van der Waals surface area contributed by atoms with Gasteiger partial charge in [-0.1, -0.05) is 17.7 Å². The summed E-state index contributed by atoms with van der Waals surface area (Å²) in [6, 6.07) is 6.82. The molecule has 0 radical (unpaired) electrons. The molecule has 4 nitrogen and oxygen atoms in total. The number of benzene rings is 1. The van der Waals surface area contributed by atoms with E-state index >= 15 is 0 Å². The smallest absolute Gasteiger partial charge is 0.0587 e. The van der Waals surface area contributed by atoms with Gasteiger partial charge in [0.25, 0.3) is 0 Å². The third-order valence-electron chi connectivity index (χ3n) is 4.09. The molecule has 1 aromatic carbocycles. The number of nitrogens with one attached hydrogen (secondary N) is 1. The summed E-state index contributed by atoms with van der Waals surface area (Å²) in [7, 11) is 3.96. The predicted octanol–water partition coefficient (Wildman–Crippen LogP) is 1.87. The predicted molar refractivity (Wildman–Crippen MR) is 89.1 cm³/mol. The quantitative estimate of drug-likeness (QED) is 0.810. The molecule has 0 spiro atoms. The van der Waals surface area contributed by atoms with E-state index in [-0.39, 0.29) is 0 Å². The van der Waals surface area contributed by atoms with Crippen molar-refractivity contribution in [3.05, 3.63) is 29.3 Å². The lowest BCUT2D eigenvalue weighted by Gasteiger charge is -2.26. The van der Waals surface area contributed by atoms with Gasteiger partial charge in [-0.15, -0.1) is 0 Å². The fourth-order valence-corrected chi connectivity index (χ4v) is 2.85. The van der Waals surface area contributed by atoms with Crippen molar-refractivity contribution in [2.75, 3.05) is 58.4 Å². The minimum atomic E-state index is 0.760. The molecule has 0 unspecified atom stereocenters. The number of ether oxygens (including phenoxy) is 1. The topological polar surface area (TPSA) is 27.7 Å². The highest BCUT2D eigenvalue weighted by Crippen LogP contribution is 2.23. The van der Waals surface area contributed by atoms with Crippen molar-refractivity contribution in [1.29, 1.82) is 0 Å². The van der Waals surface area contributed by atoms with Gasteiger partial charge in [0.2, 0.25) is 0 Å². The molecule has 21 heavy (non-hydrogen) atoms. The molecule has 118 valence electrons. The Hall–Kier alpha value is -1.10. The van der Waals surface area contributed by atoms with Crippen molar-refractivity contribution in [2.24, 2.45) is 0 Å². The molecule has 1 N–H and O–H groups in total. The van der Waals surface area contributed by atoms with Gasteiger partial charge < -0.3 is 19.9 Å². The van der Waals surface area contributed by atoms with Crippen LogP contribution in [0.5, 0.6) is 0 Å².